The van der Waals surface area contributed by atoms with Crippen molar-refractivity contribution in [3.8, 4) is 0 Å². The van der Waals surface area contributed by atoms with Gasteiger partial charge in [0.1, 0.15) is 5.69 Å². The topological polar surface area (TPSA) is 58.4 Å². The molecule has 0 aromatic heterocycles. The van der Waals surface area contributed by atoms with E-state index in [0.29, 0.717) is 17.3 Å². The van der Waals surface area contributed by atoms with E-state index in [1.165, 1.54) is 12.1 Å². The molecule has 6 heteroatoms. The number of hydrogen-bond acceptors (Lipinski definition) is 4. The monoisotopic (exact) mass is 243 g/mol. The van der Waals surface area contributed by atoms with Crippen LogP contribution in [0.25, 0.3) is 0 Å². The molecule has 0 spiro atoms. The zero-order chi connectivity index (χ0) is 12.1. The lowest BCUT2D eigenvalue weighted by molar-refractivity contribution is -0.384. The molecule has 16 heavy (non-hydrogen) atoms. The quantitative estimate of drug-likeness (QED) is 0.634. The van der Waals surface area contributed by atoms with Crippen LogP contribution in [0.1, 0.15) is 0 Å². The lowest BCUT2D eigenvalue weighted by Crippen LogP contribution is -2.27. The van der Waals surface area contributed by atoms with E-state index in [1.807, 2.05) is 7.05 Å². The van der Waals surface area contributed by atoms with Crippen LogP contribution >= 0.6 is 11.6 Å². The standard InChI is InChI=1S/C10H14ClN3O2/c1-12-5-6-13(2)10-7-8(11)3-4-9(10)14(15)16/h3-4,7,12H,5-6H2,1-2H3. The third kappa shape index (κ3) is 3.08. The van der Waals surface area contributed by atoms with Crippen LogP contribution in [0.4, 0.5) is 11.4 Å². The summed E-state index contributed by atoms with van der Waals surface area (Å²) in [4.78, 5) is 12.2. The maximum atomic E-state index is 10.8. The number of hydrogen-bond donors (Lipinski definition) is 1. The molecule has 0 radical (unpaired) electrons. The van der Waals surface area contributed by atoms with Gasteiger partial charge in [0.05, 0.1) is 4.92 Å². The lowest BCUT2D eigenvalue weighted by atomic mass is 10.2. The second-order valence-electron chi connectivity index (χ2n) is 3.42. The second-order valence-corrected chi connectivity index (χ2v) is 3.85. The number of nitrogens with one attached hydrogen (secondary N) is 1. The minimum atomic E-state index is -0.401. The van der Waals surface area contributed by atoms with Crippen LogP contribution < -0.4 is 10.2 Å². The van der Waals surface area contributed by atoms with E-state index in [-0.39, 0.29) is 5.69 Å². The van der Waals surface area contributed by atoms with Crippen molar-refractivity contribution in [2.24, 2.45) is 0 Å². The van der Waals surface area contributed by atoms with Crippen LogP contribution in [0.5, 0.6) is 0 Å². The smallest absolute Gasteiger partial charge is 0.292 e. The molecule has 0 bridgehead atoms. The van der Waals surface area contributed by atoms with Gasteiger partial charge in [0.25, 0.3) is 5.69 Å². The maximum absolute atomic E-state index is 10.8. The number of nitro benzene ring substituents is 1. The van der Waals surface area contributed by atoms with Gasteiger partial charge in [-0.15, -0.1) is 0 Å². The van der Waals surface area contributed by atoms with Crippen LogP contribution in [0.2, 0.25) is 5.02 Å². The highest BCUT2D eigenvalue weighted by Gasteiger charge is 2.16. The molecule has 0 unspecified atom stereocenters. The van der Waals surface area contributed by atoms with Crippen molar-refractivity contribution < 1.29 is 4.92 Å². The van der Waals surface area contributed by atoms with Crippen LogP contribution in [0.3, 0.4) is 0 Å². The van der Waals surface area contributed by atoms with Crippen LogP contribution in [-0.2, 0) is 0 Å². The molecular formula is C10H14ClN3O2. The molecule has 0 amide bonds. The molecule has 0 aliphatic heterocycles. The Bertz CT molecular complexity index is 384. The number of nitrogens with zero attached hydrogens (tertiary/aromatic N) is 2. The molecule has 0 atom stereocenters. The van der Waals surface area contributed by atoms with E-state index < -0.39 is 4.92 Å². The highest BCUT2D eigenvalue weighted by atomic mass is 35.5. The summed E-state index contributed by atoms with van der Waals surface area (Å²) < 4.78 is 0. The third-order valence-corrected chi connectivity index (χ3v) is 2.48. The lowest BCUT2D eigenvalue weighted by Gasteiger charge is -2.18. The summed E-state index contributed by atoms with van der Waals surface area (Å²) in [5.41, 5.74) is 0.607. The van der Waals surface area contributed by atoms with Gasteiger partial charge in [-0.2, -0.15) is 0 Å². The van der Waals surface area contributed by atoms with Gasteiger partial charge in [0, 0.05) is 31.2 Å². The minimum absolute atomic E-state index is 0.0722. The number of rotatable bonds is 5. The Labute approximate surface area is 99.2 Å². The fourth-order valence-corrected chi connectivity index (χ4v) is 1.52. The van der Waals surface area contributed by atoms with Crippen LogP contribution in [0, 0.1) is 10.1 Å². The number of halogens is 1. The Morgan fingerprint density at radius 3 is 2.81 bits per heavy atom. The molecule has 5 nitrogen and oxygen atoms in total. The first kappa shape index (κ1) is 12.7. The number of benzene rings is 1. The predicted molar refractivity (Wildman–Crippen MR) is 65.3 cm³/mol. The molecular weight excluding hydrogens is 230 g/mol. The van der Waals surface area contributed by atoms with Crippen molar-refractivity contribution >= 4 is 23.0 Å². The van der Waals surface area contributed by atoms with E-state index in [0.717, 1.165) is 6.54 Å². The third-order valence-electron chi connectivity index (χ3n) is 2.24. The summed E-state index contributed by atoms with van der Waals surface area (Å²) in [6.07, 6.45) is 0. The van der Waals surface area contributed by atoms with Gasteiger partial charge in [0.15, 0.2) is 0 Å². The fourth-order valence-electron chi connectivity index (χ4n) is 1.36. The predicted octanol–water partition coefficient (Wildman–Crippen LogP) is 1.90. The van der Waals surface area contributed by atoms with Crippen molar-refractivity contribution in [3.63, 3.8) is 0 Å². The maximum Gasteiger partial charge on any atom is 0.292 e. The summed E-state index contributed by atoms with van der Waals surface area (Å²) in [6.45, 7) is 1.43. The summed E-state index contributed by atoms with van der Waals surface area (Å²) >= 11 is 5.83. The Kier molecular flexibility index (Phi) is 4.52. The first-order chi connectivity index (χ1) is 7.56. The van der Waals surface area contributed by atoms with E-state index in [9.17, 15) is 10.1 Å². The normalized spacial score (nSPS) is 10.2. The van der Waals surface area contributed by atoms with Crippen LogP contribution in [-0.4, -0.2) is 32.1 Å². The molecule has 0 heterocycles. The molecule has 0 aliphatic rings. The van der Waals surface area contributed by atoms with Gasteiger partial charge in [0.2, 0.25) is 0 Å². The largest absolute Gasteiger partial charge is 0.368 e. The van der Waals surface area contributed by atoms with Gasteiger partial charge >= 0.3 is 0 Å². The van der Waals surface area contributed by atoms with Gasteiger partial charge < -0.3 is 10.2 Å². The Morgan fingerprint density at radius 2 is 2.25 bits per heavy atom. The zero-order valence-electron chi connectivity index (χ0n) is 9.24. The molecule has 0 fully saturated rings. The average molecular weight is 244 g/mol. The number of anilines is 1. The van der Waals surface area contributed by atoms with E-state index in [2.05, 4.69) is 5.32 Å². The Hall–Kier alpha value is -1.33. The summed E-state index contributed by atoms with van der Waals surface area (Å²) in [6, 6.07) is 4.55. The minimum Gasteiger partial charge on any atom is -0.368 e. The van der Waals surface area contributed by atoms with Crippen molar-refractivity contribution in [1.29, 1.82) is 0 Å². The Morgan fingerprint density at radius 1 is 1.56 bits per heavy atom. The van der Waals surface area contributed by atoms with Gasteiger partial charge in [-0.1, -0.05) is 11.6 Å². The van der Waals surface area contributed by atoms with Gasteiger partial charge in [-0.25, -0.2) is 0 Å². The first-order valence-corrected chi connectivity index (χ1v) is 5.23. The zero-order valence-corrected chi connectivity index (χ0v) is 9.99. The molecule has 1 aromatic rings. The number of likely N-dealkylation sites (N-methyl/N-ethyl adjacent to an activating group) is 2. The van der Waals surface area contributed by atoms with Gasteiger partial charge in [-0.3, -0.25) is 10.1 Å². The fraction of sp³-hybridized carbons (Fsp3) is 0.400. The van der Waals surface area contributed by atoms with E-state index in [1.54, 1.807) is 18.0 Å². The van der Waals surface area contributed by atoms with Gasteiger partial charge in [-0.05, 0) is 19.2 Å². The molecule has 1 N–H and O–H groups in total. The molecule has 1 aromatic carbocycles. The first-order valence-electron chi connectivity index (χ1n) is 4.86. The highest BCUT2D eigenvalue weighted by molar-refractivity contribution is 6.31. The molecule has 0 aliphatic carbocycles. The van der Waals surface area contributed by atoms with Crippen LogP contribution in [0.15, 0.2) is 18.2 Å². The van der Waals surface area contributed by atoms with Crippen molar-refractivity contribution in [1.82, 2.24) is 5.32 Å². The Balaban J connectivity index is 2.99. The molecule has 1 rings (SSSR count). The van der Waals surface area contributed by atoms with E-state index in [4.69, 9.17) is 11.6 Å². The summed E-state index contributed by atoms with van der Waals surface area (Å²) in [5.74, 6) is 0. The van der Waals surface area contributed by atoms with E-state index >= 15 is 0 Å². The average Bonchev–Trinajstić information content (AvgIpc) is 2.25. The number of nitro groups is 1. The molecule has 0 saturated carbocycles. The SMILES string of the molecule is CNCCN(C)c1cc(Cl)ccc1[N+](=O)[O-]. The second kappa shape index (κ2) is 5.67. The van der Waals surface area contributed by atoms with Crippen molar-refractivity contribution in [2.75, 3.05) is 32.1 Å². The highest BCUT2D eigenvalue weighted by Crippen LogP contribution is 2.29. The van der Waals surface area contributed by atoms with Crippen molar-refractivity contribution in [2.45, 2.75) is 0 Å². The molecule has 0 saturated heterocycles. The molecule has 88 valence electrons. The summed E-state index contributed by atoms with van der Waals surface area (Å²) in [7, 11) is 3.64. The summed E-state index contributed by atoms with van der Waals surface area (Å²) in [5, 5.41) is 14.3. The van der Waals surface area contributed by atoms with Crippen molar-refractivity contribution in [3.05, 3.63) is 33.3 Å².